The van der Waals surface area contributed by atoms with Crippen LogP contribution in [0.5, 0.6) is 0 Å². The van der Waals surface area contributed by atoms with Crippen LogP contribution in [0.2, 0.25) is 0 Å². The molecule has 0 fully saturated rings. The number of hydrogen-bond acceptors (Lipinski definition) is 6. The Labute approximate surface area is 182 Å². The van der Waals surface area contributed by atoms with Crippen molar-refractivity contribution in [2.45, 2.75) is 51.1 Å². The minimum Gasteiger partial charge on any atom is -0.451 e. The van der Waals surface area contributed by atoms with Crippen molar-refractivity contribution in [2.75, 3.05) is 19.8 Å². The van der Waals surface area contributed by atoms with Gasteiger partial charge >= 0.3 is 0 Å². The van der Waals surface area contributed by atoms with Gasteiger partial charge in [0.25, 0.3) is 0 Å². The molecule has 0 bridgehead atoms. The van der Waals surface area contributed by atoms with Crippen LogP contribution in [0.1, 0.15) is 43.5 Å². The van der Waals surface area contributed by atoms with Crippen molar-refractivity contribution in [3.63, 3.8) is 0 Å². The molecule has 8 nitrogen and oxygen atoms in total. The van der Waals surface area contributed by atoms with Crippen LogP contribution in [-0.2, 0) is 34.3 Å². The average Bonchev–Trinajstić information content (AvgIpc) is 3.42. The minimum absolute atomic E-state index is 0.250. The fourth-order valence-corrected chi connectivity index (χ4v) is 5.27. The summed E-state index contributed by atoms with van der Waals surface area (Å²) in [6.07, 6.45) is 3.47. The lowest BCUT2D eigenvalue weighted by atomic mass is 10.0. The second-order valence-corrected chi connectivity index (χ2v) is 9.82. The molecule has 0 saturated heterocycles. The maximum absolute atomic E-state index is 13.3. The van der Waals surface area contributed by atoms with Crippen LogP contribution >= 0.6 is 0 Å². The van der Waals surface area contributed by atoms with E-state index in [9.17, 15) is 8.42 Å². The summed E-state index contributed by atoms with van der Waals surface area (Å²) in [6.45, 7) is 8.58. The van der Waals surface area contributed by atoms with Crippen LogP contribution in [-0.4, -0.2) is 47.2 Å². The van der Waals surface area contributed by atoms with Crippen LogP contribution < -0.4 is 0 Å². The van der Waals surface area contributed by atoms with E-state index in [2.05, 4.69) is 18.8 Å². The van der Waals surface area contributed by atoms with Crippen molar-refractivity contribution < 1.29 is 17.6 Å². The van der Waals surface area contributed by atoms with E-state index in [0.717, 1.165) is 16.8 Å². The molecule has 9 heteroatoms. The molecule has 1 aliphatic rings. The molecule has 0 saturated carbocycles. The zero-order valence-corrected chi connectivity index (χ0v) is 18.9. The topological polar surface area (TPSA) is 90.5 Å². The third-order valence-electron chi connectivity index (χ3n) is 5.61. The highest BCUT2D eigenvalue weighted by atomic mass is 32.2. The van der Waals surface area contributed by atoms with Crippen molar-refractivity contribution in [1.82, 2.24) is 19.1 Å². The zero-order valence-electron chi connectivity index (χ0n) is 18.1. The van der Waals surface area contributed by atoms with Crippen molar-refractivity contribution in [1.29, 1.82) is 0 Å². The smallest absolute Gasteiger partial charge is 0.243 e. The van der Waals surface area contributed by atoms with E-state index < -0.39 is 10.0 Å². The van der Waals surface area contributed by atoms with Gasteiger partial charge in [0.15, 0.2) is 6.39 Å². The number of fused-ring (bicyclic) bond motifs is 1. The molecule has 3 aromatic rings. The highest BCUT2D eigenvalue weighted by molar-refractivity contribution is 7.89. The first-order valence-corrected chi connectivity index (χ1v) is 12.0. The van der Waals surface area contributed by atoms with Gasteiger partial charge in [-0.1, -0.05) is 26.0 Å². The number of benzene rings is 1. The Kier molecular flexibility index (Phi) is 6.27. The Morgan fingerprint density at radius 2 is 2.00 bits per heavy atom. The number of rotatable bonds is 8. The van der Waals surface area contributed by atoms with Crippen molar-refractivity contribution in [3.8, 4) is 11.4 Å². The molecule has 2 aromatic heterocycles. The maximum Gasteiger partial charge on any atom is 0.243 e. The van der Waals surface area contributed by atoms with Gasteiger partial charge in [-0.15, -0.1) is 0 Å². The van der Waals surface area contributed by atoms with E-state index in [4.69, 9.17) is 14.3 Å². The van der Waals surface area contributed by atoms with Crippen molar-refractivity contribution >= 4 is 10.0 Å². The average molecular weight is 445 g/mol. The second-order valence-electron chi connectivity index (χ2n) is 7.88. The summed E-state index contributed by atoms with van der Waals surface area (Å²) in [5.41, 5.74) is 4.28. The predicted molar refractivity (Wildman–Crippen MR) is 116 cm³/mol. The first-order valence-electron chi connectivity index (χ1n) is 10.6. The van der Waals surface area contributed by atoms with Crippen molar-refractivity contribution in [2.24, 2.45) is 0 Å². The summed E-state index contributed by atoms with van der Waals surface area (Å²) in [5.74, 6) is 0.349. The van der Waals surface area contributed by atoms with E-state index in [0.29, 0.717) is 54.9 Å². The fraction of sp³-hybridized carbons (Fsp3) is 0.455. The Bertz CT molecular complexity index is 1120. The molecule has 0 unspecified atom stereocenters. The molecule has 0 N–H and O–H groups in total. The Balaban J connectivity index is 1.65. The number of ether oxygens (including phenoxy) is 1. The van der Waals surface area contributed by atoms with Gasteiger partial charge in [-0.2, -0.15) is 9.40 Å². The highest BCUT2D eigenvalue weighted by Gasteiger charge is 2.33. The summed E-state index contributed by atoms with van der Waals surface area (Å²) in [5, 5.41) is 4.72. The molecule has 0 atom stereocenters. The van der Waals surface area contributed by atoms with Gasteiger partial charge in [0.05, 0.1) is 18.0 Å². The highest BCUT2D eigenvalue weighted by Crippen LogP contribution is 2.32. The van der Waals surface area contributed by atoms with Gasteiger partial charge in [-0.3, -0.25) is 4.68 Å². The SMILES string of the molecule is CCOCCn1nc(-c2cocn2)c2c1CCN(S(=O)(=O)c1ccc(C(C)C)cc1)C2. The molecule has 1 aliphatic heterocycles. The summed E-state index contributed by atoms with van der Waals surface area (Å²) in [7, 11) is -3.62. The van der Waals surface area contributed by atoms with Gasteiger partial charge in [0.1, 0.15) is 17.7 Å². The molecule has 0 radical (unpaired) electrons. The molecule has 0 amide bonds. The fourth-order valence-electron chi connectivity index (χ4n) is 3.86. The number of hydrogen-bond donors (Lipinski definition) is 0. The van der Waals surface area contributed by atoms with E-state index in [1.807, 2.05) is 23.7 Å². The van der Waals surface area contributed by atoms with E-state index >= 15 is 0 Å². The molecule has 4 rings (SSSR count). The lowest BCUT2D eigenvalue weighted by molar-refractivity contribution is 0.135. The Hall–Kier alpha value is -2.49. The largest absolute Gasteiger partial charge is 0.451 e. The van der Waals surface area contributed by atoms with Gasteiger partial charge < -0.3 is 9.15 Å². The lowest BCUT2D eigenvalue weighted by Crippen LogP contribution is -2.36. The summed E-state index contributed by atoms with van der Waals surface area (Å²) < 4.78 is 40.7. The van der Waals surface area contributed by atoms with Crippen LogP contribution in [0.3, 0.4) is 0 Å². The van der Waals surface area contributed by atoms with Crippen molar-refractivity contribution in [3.05, 3.63) is 53.7 Å². The summed E-state index contributed by atoms with van der Waals surface area (Å²) in [4.78, 5) is 4.55. The normalized spacial score (nSPS) is 14.8. The standard InChI is InChI=1S/C22H28N4O4S/c1-4-29-12-11-26-21-9-10-25(13-19(21)22(24-26)20-14-30-15-23-20)31(27,28)18-7-5-17(6-8-18)16(2)3/h5-8,14-16H,4,9-13H2,1-3H3. The van der Waals surface area contributed by atoms with E-state index in [-0.39, 0.29) is 6.54 Å². The lowest BCUT2D eigenvalue weighted by Gasteiger charge is -2.27. The molecule has 3 heterocycles. The monoisotopic (exact) mass is 444 g/mol. The molecule has 0 spiro atoms. The summed E-state index contributed by atoms with van der Waals surface area (Å²) >= 11 is 0. The number of nitrogens with zero attached hydrogens (tertiary/aromatic N) is 4. The predicted octanol–water partition coefficient (Wildman–Crippen LogP) is 3.45. The zero-order chi connectivity index (χ0) is 22.0. The number of sulfonamides is 1. The van der Waals surface area contributed by atoms with Gasteiger partial charge in [-0.25, -0.2) is 13.4 Å². The molecule has 166 valence electrons. The van der Waals surface area contributed by atoms with Gasteiger partial charge in [0.2, 0.25) is 10.0 Å². The molecular formula is C22H28N4O4S. The quantitative estimate of drug-likeness (QED) is 0.494. The Morgan fingerprint density at radius 3 is 2.65 bits per heavy atom. The minimum atomic E-state index is -3.62. The molecular weight excluding hydrogens is 416 g/mol. The van der Waals surface area contributed by atoms with E-state index in [1.54, 1.807) is 12.1 Å². The molecule has 0 aliphatic carbocycles. The van der Waals surface area contributed by atoms with Crippen LogP contribution in [0.4, 0.5) is 0 Å². The van der Waals surface area contributed by atoms with Gasteiger partial charge in [-0.05, 0) is 30.5 Å². The van der Waals surface area contributed by atoms with Gasteiger partial charge in [0, 0.05) is 37.4 Å². The van der Waals surface area contributed by atoms with Crippen LogP contribution in [0.25, 0.3) is 11.4 Å². The second kappa shape index (κ2) is 8.94. The first kappa shape index (κ1) is 21.7. The van der Waals surface area contributed by atoms with Crippen LogP contribution in [0, 0.1) is 0 Å². The van der Waals surface area contributed by atoms with E-state index in [1.165, 1.54) is 17.0 Å². The molecule has 1 aromatic carbocycles. The third-order valence-corrected chi connectivity index (χ3v) is 7.47. The Morgan fingerprint density at radius 1 is 1.23 bits per heavy atom. The van der Waals surface area contributed by atoms with Crippen LogP contribution in [0.15, 0.2) is 46.2 Å². The third kappa shape index (κ3) is 4.30. The summed E-state index contributed by atoms with van der Waals surface area (Å²) in [6, 6.07) is 7.17. The number of oxazole rings is 1. The number of aromatic nitrogens is 3. The first-order chi connectivity index (χ1) is 14.9. The maximum atomic E-state index is 13.3. The molecule has 31 heavy (non-hydrogen) atoms.